The molecule has 0 unspecified atom stereocenters. The summed E-state index contributed by atoms with van der Waals surface area (Å²) in [5.74, 6) is 1.82. The van der Waals surface area contributed by atoms with E-state index in [1.807, 2.05) is 31.3 Å². The lowest BCUT2D eigenvalue weighted by Gasteiger charge is -2.05. The van der Waals surface area contributed by atoms with Gasteiger partial charge in [0, 0.05) is 28.7 Å². The Bertz CT molecular complexity index is 785. The van der Waals surface area contributed by atoms with Crippen LogP contribution in [0.3, 0.4) is 0 Å². The summed E-state index contributed by atoms with van der Waals surface area (Å²) in [6, 6.07) is 16.2. The Morgan fingerprint density at radius 3 is 2.35 bits per heavy atom. The van der Waals surface area contributed by atoms with Crippen molar-refractivity contribution in [3.05, 3.63) is 75.0 Å². The van der Waals surface area contributed by atoms with Gasteiger partial charge in [0.15, 0.2) is 5.16 Å². The van der Waals surface area contributed by atoms with E-state index < -0.39 is 0 Å². The lowest BCUT2D eigenvalue weighted by Crippen LogP contribution is -2.00. The van der Waals surface area contributed by atoms with Crippen LogP contribution in [-0.4, -0.2) is 14.8 Å². The van der Waals surface area contributed by atoms with E-state index in [0.717, 1.165) is 32.6 Å². The molecule has 0 radical (unpaired) electrons. The summed E-state index contributed by atoms with van der Waals surface area (Å²) in [5, 5.41) is 10.3. The minimum absolute atomic E-state index is 0.748. The van der Waals surface area contributed by atoms with Gasteiger partial charge in [-0.15, -0.1) is 10.2 Å². The molecule has 2 aromatic carbocycles. The van der Waals surface area contributed by atoms with Crippen molar-refractivity contribution in [3.8, 4) is 0 Å². The van der Waals surface area contributed by atoms with Gasteiger partial charge in [0.25, 0.3) is 0 Å². The molecule has 0 atom stereocenters. The van der Waals surface area contributed by atoms with Crippen molar-refractivity contribution in [2.75, 3.05) is 0 Å². The molecular weight excluding hydrogens is 394 g/mol. The molecule has 1 aromatic heterocycles. The van der Waals surface area contributed by atoms with E-state index in [2.05, 4.69) is 55.0 Å². The van der Waals surface area contributed by atoms with Crippen molar-refractivity contribution >= 4 is 39.3 Å². The highest BCUT2D eigenvalue weighted by Gasteiger charge is 2.10. The first-order valence-corrected chi connectivity index (χ1v) is 9.27. The molecular formula is C17H15BrClN3S. The third-order valence-electron chi connectivity index (χ3n) is 3.48. The highest BCUT2D eigenvalue weighted by molar-refractivity contribution is 9.10. The number of rotatable bonds is 5. The molecule has 0 saturated carbocycles. The molecule has 0 fully saturated rings. The van der Waals surface area contributed by atoms with Gasteiger partial charge in [0.1, 0.15) is 5.82 Å². The van der Waals surface area contributed by atoms with Gasteiger partial charge in [-0.3, -0.25) is 0 Å². The molecule has 0 amide bonds. The van der Waals surface area contributed by atoms with Crippen LogP contribution in [0.2, 0.25) is 5.02 Å². The first-order valence-electron chi connectivity index (χ1n) is 7.12. The Hall–Kier alpha value is -1.30. The quantitative estimate of drug-likeness (QED) is 0.549. The maximum absolute atomic E-state index is 5.92. The predicted molar refractivity (Wildman–Crippen MR) is 99.0 cm³/mol. The normalized spacial score (nSPS) is 10.9. The maximum Gasteiger partial charge on any atom is 0.191 e. The molecule has 3 aromatic rings. The molecule has 0 spiro atoms. The first-order chi connectivity index (χ1) is 11.1. The smallest absolute Gasteiger partial charge is 0.191 e. The zero-order valence-electron chi connectivity index (χ0n) is 12.5. The fourth-order valence-corrected chi connectivity index (χ4v) is 3.41. The SMILES string of the molecule is Cn1c(Cc2ccc(Cl)cc2)nnc1SCc1ccc(Br)cc1. The molecule has 3 nitrogen and oxygen atoms in total. The van der Waals surface area contributed by atoms with E-state index in [9.17, 15) is 0 Å². The van der Waals surface area contributed by atoms with Gasteiger partial charge in [-0.2, -0.15) is 0 Å². The molecule has 118 valence electrons. The van der Waals surface area contributed by atoms with E-state index in [-0.39, 0.29) is 0 Å². The van der Waals surface area contributed by atoms with Gasteiger partial charge in [0.2, 0.25) is 0 Å². The second kappa shape index (κ2) is 7.51. The van der Waals surface area contributed by atoms with E-state index in [1.54, 1.807) is 11.8 Å². The predicted octanol–water partition coefficient (Wildman–Crippen LogP) is 5.11. The highest BCUT2D eigenvalue weighted by atomic mass is 79.9. The molecule has 0 aliphatic carbocycles. The fourth-order valence-electron chi connectivity index (χ4n) is 2.14. The average molecular weight is 409 g/mol. The minimum atomic E-state index is 0.748. The summed E-state index contributed by atoms with van der Waals surface area (Å²) in [7, 11) is 2.01. The zero-order valence-corrected chi connectivity index (χ0v) is 15.7. The molecule has 0 aliphatic rings. The van der Waals surface area contributed by atoms with Crippen LogP contribution in [0.5, 0.6) is 0 Å². The lowest BCUT2D eigenvalue weighted by atomic mass is 10.1. The van der Waals surface area contributed by atoms with Gasteiger partial charge in [-0.25, -0.2) is 0 Å². The van der Waals surface area contributed by atoms with Gasteiger partial charge < -0.3 is 4.57 Å². The van der Waals surface area contributed by atoms with Crippen molar-refractivity contribution in [2.24, 2.45) is 7.05 Å². The van der Waals surface area contributed by atoms with Crippen molar-refractivity contribution in [1.82, 2.24) is 14.8 Å². The zero-order chi connectivity index (χ0) is 16.2. The molecule has 1 heterocycles. The van der Waals surface area contributed by atoms with Crippen LogP contribution in [0.15, 0.2) is 58.2 Å². The maximum atomic E-state index is 5.92. The van der Waals surface area contributed by atoms with E-state index in [1.165, 1.54) is 11.1 Å². The van der Waals surface area contributed by atoms with E-state index >= 15 is 0 Å². The monoisotopic (exact) mass is 407 g/mol. The molecule has 0 bridgehead atoms. The van der Waals surface area contributed by atoms with Crippen molar-refractivity contribution < 1.29 is 0 Å². The fraction of sp³-hybridized carbons (Fsp3) is 0.176. The molecule has 0 N–H and O–H groups in total. The summed E-state index contributed by atoms with van der Waals surface area (Å²) in [6.07, 6.45) is 0.750. The van der Waals surface area contributed by atoms with Crippen LogP contribution in [0.1, 0.15) is 17.0 Å². The van der Waals surface area contributed by atoms with Crippen molar-refractivity contribution in [1.29, 1.82) is 0 Å². The van der Waals surface area contributed by atoms with Crippen LogP contribution >= 0.6 is 39.3 Å². The van der Waals surface area contributed by atoms with Gasteiger partial charge >= 0.3 is 0 Å². The Labute approximate surface area is 153 Å². The lowest BCUT2D eigenvalue weighted by molar-refractivity contribution is 0.749. The number of benzene rings is 2. The van der Waals surface area contributed by atoms with Crippen molar-refractivity contribution in [3.63, 3.8) is 0 Å². The molecule has 3 rings (SSSR count). The Balaban J connectivity index is 1.66. The summed E-state index contributed by atoms with van der Waals surface area (Å²) in [4.78, 5) is 0. The number of nitrogens with zero attached hydrogens (tertiary/aromatic N) is 3. The highest BCUT2D eigenvalue weighted by Crippen LogP contribution is 2.23. The number of hydrogen-bond acceptors (Lipinski definition) is 3. The number of thioether (sulfide) groups is 1. The summed E-state index contributed by atoms with van der Waals surface area (Å²) < 4.78 is 3.15. The Morgan fingerprint density at radius 2 is 1.65 bits per heavy atom. The van der Waals surface area contributed by atoms with Crippen LogP contribution in [-0.2, 0) is 19.2 Å². The minimum Gasteiger partial charge on any atom is -0.309 e. The first kappa shape index (κ1) is 16.6. The number of hydrogen-bond donors (Lipinski definition) is 0. The molecule has 0 saturated heterocycles. The summed E-state index contributed by atoms with van der Waals surface area (Å²) in [6.45, 7) is 0. The second-order valence-corrected chi connectivity index (χ2v) is 7.47. The number of halogens is 2. The molecule has 0 aliphatic heterocycles. The van der Waals surface area contributed by atoms with E-state index in [0.29, 0.717) is 0 Å². The topological polar surface area (TPSA) is 30.7 Å². The van der Waals surface area contributed by atoms with Crippen LogP contribution in [0.4, 0.5) is 0 Å². The second-order valence-electron chi connectivity index (χ2n) is 5.18. The Kier molecular flexibility index (Phi) is 5.41. The largest absolute Gasteiger partial charge is 0.309 e. The number of aromatic nitrogens is 3. The summed E-state index contributed by atoms with van der Waals surface area (Å²) >= 11 is 11.1. The molecule has 23 heavy (non-hydrogen) atoms. The van der Waals surface area contributed by atoms with Crippen LogP contribution in [0.25, 0.3) is 0 Å². The van der Waals surface area contributed by atoms with Gasteiger partial charge in [-0.05, 0) is 35.4 Å². The standard InChI is InChI=1S/C17H15BrClN3S/c1-22-16(10-12-4-8-15(19)9-5-12)20-21-17(22)23-11-13-2-6-14(18)7-3-13/h2-9H,10-11H2,1H3. The van der Waals surface area contributed by atoms with Gasteiger partial charge in [-0.1, -0.05) is 63.6 Å². The van der Waals surface area contributed by atoms with Gasteiger partial charge in [0.05, 0.1) is 0 Å². The Morgan fingerprint density at radius 1 is 1.00 bits per heavy atom. The van der Waals surface area contributed by atoms with Crippen LogP contribution < -0.4 is 0 Å². The third-order valence-corrected chi connectivity index (χ3v) is 5.35. The van der Waals surface area contributed by atoms with E-state index in [4.69, 9.17) is 11.6 Å². The molecule has 6 heteroatoms. The third kappa shape index (κ3) is 4.37. The van der Waals surface area contributed by atoms with Crippen LogP contribution in [0, 0.1) is 0 Å². The average Bonchev–Trinajstić information content (AvgIpc) is 2.90. The summed E-state index contributed by atoms with van der Waals surface area (Å²) in [5.41, 5.74) is 2.44. The van der Waals surface area contributed by atoms with Crippen molar-refractivity contribution in [2.45, 2.75) is 17.3 Å².